The molecule has 0 atom stereocenters. The van der Waals surface area contributed by atoms with Crippen molar-refractivity contribution < 1.29 is 0 Å². The summed E-state index contributed by atoms with van der Waals surface area (Å²) in [5.41, 5.74) is 17.9. The van der Waals surface area contributed by atoms with E-state index in [1.807, 2.05) is 0 Å². The molecule has 9 aromatic carbocycles. The highest BCUT2D eigenvalue weighted by Gasteiger charge is 2.22. The SMILES string of the molecule is c1ccc(-c2ccc(-c3cc(-c4ccccc4)cc(-c4cccc(-n5c6ccccc6c6ccc7c8ccccc8n(-c8cccc(-c9ccccc9)c8)c7c65)c4)n3)cc2)cc1. The summed E-state index contributed by atoms with van der Waals surface area (Å²) in [6, 6.07) is 85.2. The third kappa shape index (κ3) is 6.02. The average Bonchev–Trinajstić information content (AvgIpc) is 3.88. The first-order valence-corrected chi connectivity index (χ1v) is 21.2. The fraction of sp³-hybridized carbons (Fsp3) is 0. The summed E-state index contributed by atoms with van der Waals surface area (Å²) in [7, 11) is 0. The smallest absolute Gasteiger partial charge is 0.0788 e. The van der Waals surface area contributed by atoms with Crippen LogP contribution in [-0.4, -0.2) is 14.1 Å². The topological polar surface area (TPSA) is 22.8 Å². The van der Waals surface area contributed by atoms with Crippen LogP contribution in [0.5, 0.6) is 0 Å². The van der Waals surface area contributed by atoms with Crippen molar-refractivity contribution in [2.75, 3.05) is 0 Å². The number of hydrogen-bond acceptors (Lipinski definition) is 1. The summed E-state index contributed by atoms with van der Waals surface area (Å²) in [5, 5.41) is 4.88. The van der Waals surface area contributed by atoms with E-state index < -0.39 is 0 Å². The Morgan fingerprint density at radius 2 is 0.629 bits per heavy atom. The van der Waals surface area contributed by atoms with Crippen LogP contribution in [0.2, 0.25) is 0 Å². The number of hydrogen-bond donors (Lipinski definition) is 0. The predicted octanol–water partition coefficient (Wildman–Crippen LogP) is 15.6. The van der Waals surface area contributed by atoms with E-state index in [1.165, 1.54) is 60.3 Å². The van der Waals surface area contributed by atoms with E-state index in [2.05, 4.69) is 246 Å². The number of aromatic nitrogens is 3. The Kier molecular flexibility index (Phi) is 8.50. The van der Waals surface area contributed by atoms with Crippen LogP contribution >= 0.6 is 0 Å². The number of benzene rings is 9. The molecular formula is C59H39N3. The monoisotopic (exact) mass is 789 g/mol. The molecule has 3 nitrogen and oxygen atoms in total. The summed E-state index contributed by atoms with van der Waals surface area (Å²) in [6.07, 6.45) is 0. The van der Waals surface area contributed by atoms with Gasteiger partial charge in [0.05, 0.1) is 33.5 Å². The van der Waals surface area contributed by atoms with E-state index in [4.69, 9.17) is 4.98 Å². The van der Waals surface area contributed by atoms with Gasteiger partial charge in [-0.05, 0) is 81.9 Å². The number of pyridine rings is 1. The van der Waals surface area contributed by atoms with Gasteiger partial charge in [0.15, 0.2) is 0 Å². The number of nitrogens with zero attached hydrogens (tertiary/aromatic N) is 3. The van der Waals surface area contributed by atoms with Crippen LogP contribution in [0.4, 0.5) is 0 Å². The zero-order chi connectivity index (χ0) is 41.0. The molecule has 0 unspecified atom stereocenters. The Morgan fingerprint density at radius 3 is 1.18 bits per heavy atom. The van der Waals surface area contributed by atoms with Crippen LogP contribution in [0, 0.1) is 0 Å². The van der Waals surface area contributed by atoms with Crippen molar-refractivity contribution in [3.63, 3.8) is 0 Å². The Balaban J connectivity index is 1.08. The molecule has 0 aliphatic heterocycles. The van der Waals surface area contributed by atoms with Crippen LogP contribution in [0.25, 0.3) is 111 Å². The van der Waals surface area contributed by atoms with E-state index in [9.17, 15) is 0 Å². The van der Waals surface area contributed by atoms with E-state index >= 15 is 0 Å². The first-order chi connectivity index (χ1) is 30.7. The van der Waals surface area contributed by atoms with Gasteiger partial charge >= 0.3 is 0 Å². The summed E-state index contributed by atoms with van der Waals surface area (Å²) >= 11 is 0. The van der Waals surface area contributed by atoms with Crippen molar-refractivity contribution in [2.45, 2.75) is 0 Å². The molecule has 0 aliphatic rings. The van der Waals surface area contributed by atoms with Gasteiger partial charge < -0.3 is 9.13 Å². The summed E-state index contributed by atoms with van der Waals surface area (Å²) in [6.45, 7) is 0. The maximum atomic E-state index is 5.40. The standard InChI is InChI=1S/C59H39N3/c1-4-16-40(17-5-1)43-30-32-44(33-31-43)54-38-47(42-20-8-3-9-21-42)39-55(60-54)46-23-15-25-49(37-46)62-57-29-13-11-27-51(57)53-35-34-52-50-26-10-12-28-56(50)61(58(52)59(53)62)48-24-14-22-45(36-48)41-18-6-2-7-19-41/h1-39H. The van der Waals surface area contributed by atoms with Crippen LogP contribution in [0.1, 0.15) is 0 Å². The molecule has 0 aliphatic carbocycles. The van der Waals surface area contributed by atoms with E-state index in [0.717, 1.165) is 50.5 Å². The number of rotatable bonds is 7. The Bertz CT molecular complexity index is 3600. The minimum atomic E-state index is 0.924. The molecule has 3 aromatic heterocycles. The van der Waals surface area contributed by atoms with Crippen molar-refractivity contribution in [2.24, 2.45) is 0 Å². The number of fused-ring (bicyclic) bond motifs is 7. The molecule has 290 valence electrons. The van der Waals surface area contributed by atoms with Gasteiger partial charge in [0, 0.05) is 44.0 Å². The molecule has 3 heterocycles. The van der Waals surface area contributed by atoms with Crippen LogP contribution < -0.4 is 0 Å². The van der Waals surface area contributed by atoms with Gasteiger partial charge in [-0.15, -0.1) is 0 Å². The van der Waals surface area contributed by atoms with Crippen molar-refractivity contribution in [3.05, 3.63) is 237 Å². The lowest BCUT2D eigenvalue weighted by Crippen LogP contribution is -1.99. The predicted molar refractivity (Wildman–Crippen MR) is 260 cm³/mol. The van der Waals surface area contributed by atoms with Gasteiger partial charge in [-0.1, -0.05) is 188 Å². The van der Waals surface area contributed by atoms with Crippen LogP contribution in [0.3, 0.4) is 0 Å². The number of para-hydroxylation sites is 2. The minimum absolute atomic E-state index is 0.924. The Labute approximate surface area is 360 Å². The second-order valence-corrected chi connectivity index (χ2v) is 16.0. The summed E-state index contributed by atoms with van der Waals surface area (Å²) in [5.74, 6) is 0. The largest absolute Gasteiger partial charge is 0.307 e. The lowest BCUT2D eigenvalue weighted by atomic mass is 9.98. The molecule has 0 saturated carbocycles. The highest BCUT2D eigenvalue weighted by atomic mass is 15.0. The van der Waals surface area contributed by atoms with Gasteiger partial charge in [-0.3, -0.25) is 0 Å². The van der Waals surface area contributed by atoms with Gasteiger partial charge in [0.25, 0.3) is 0 Å². The van der Waals surface area contributed by atoms with Crippen LogP contribution in [-0.2, 0) is 0 Å². The fourth-order valence-corrected chi connectivity index (χ4v) is 9.38. The van der Waals surface area contributed by atoms with E-state index in [-0.39, 0.29) is 0 Å². The molecule has 3 heteroatoms. The lowest BCUT2D eigenvalue weighted by Gasteiger charge is -2.15. The molecule has 12 rings (SSSR count). The van der Waals surface area contributed by atoms with Gasteiger partial charge in [-0.2, -0.15) is 0 Å². The van der Waals surface area contributed by atoms with Gasteiger partial charge in [0.2, 0.25) is 0 Å². The zero-order valence-electron chi connectivity index (χ0n) is 33.9. The van der Waals surface area contributed by atoms with Crippen molar-refractivity contribution >= 4 is 43.6 Å². The molecular weight excluding hydrogens is 751 g/mol. The molecule has 0 spiro atoms. The molecule has 0 saturated heterocycles. The third-order valence-corrected chi connectivity index (χ3v) is 12.3. The quantitative estimate of drug-likeness (QED) is 0.158. The normalized spacial score (nSPS) is 11.5. The molecule has 62 heavy (non-hydrogen) atoms. The van der Waals surface area contributed by atoms with Crippen LogP contribution in [0.15, 0.2) is 237 Å². The summed E-state index contributed by atoms with van der Waals surface area (Å²) < 4.78 is 4.94. The highest BCUT2D eigenvalue weighted by Crippen LogP contribution is 2.43. The van der Waals surface area contributed by atoms with Crippen molar-refractivity contribution in [1.82, 2.24) is 14.1 Å². The van der Waals surface area contributed by atoms with Crippen molar-refractivity contribution in [1.29, 1.82) is 0 Å². The Morgan fingerprint density at radius 1 is 0.242 bits per heavy atom. The second-order valence-electron chi connectivity index (χ2n) is 16.0. The molecule has 12 aromatic rings. The van der Waals surface area contributed by atoms with Crippen molar-refractivity contribution in [3.8, 4) is 67.3 Å². The molecule has 0 fully saturated rings. The summed E-state index contributed by atoms with van der Waals surface area (Å²) in [4.78, 5) is 5.40. The first kappa shape index (κ1) is 35.7. The highest BCUT2D eigenvalue weighted by molar-refractivity contribution is 6.23. The molecule has 0 N–H and O–H groups in total. The first-order valence-electron chi connectivity index (χ1n) is 21.2. The van der Waals surface area contributed by atoms with Gasteiger partial charge in [0.1, 0.15) is 0 Å². The Hall–Kier alpha value is -8.27. The van der Waals surface area contributed by atoms with E-state index in [1.54, 1.807) is 0 Å². The lowest BCUT2D eigenvalue weighted by molar-refractivity contribution is 1.15. The molecule has 0 amide bonds. The maximum Gasteiger partial charge on any atom is 0.0788 e. The third-order valence-electron chi connectivity index (χ3n) is 12.3. The maximum absolute atomic E-state index is 5.40. The second kappa shape index (κ2) is 14.8. The zero-order valence-corrected chi connectivity index (χ0v) is 33.9. The minimum Gasteiger partial charge on any atom is -0.307 e. The average molecular weight is 790 g/mol. The van der Waals surface area contributed by atoms with E-state index in [0.29, 0.717) is 0 Å². The van der Waals surface area contributed by atoms with Gasteiger partial charge in [-0.25, -0.2) is 4.98 Å². The molecule has 0 radical (unpaired) electrons. The fourth-order valence-electron chi connectivity index (χ4n) is 9.38. The molecule has 0 bridgehead atoms.